The molecule has 0 aromatic heterocycles. The average Bonchev–Trinajstić information content (AvgIpc) is 2.18. The summed E-state index contributed by atoms with van der Waals surface area (Å²) in [5.74, 6) is 0.428. The molecule has 3 nitrogen and oxygen atoms in total. The SMILES string of the molecule is C=CC(=O)Oc1ccccc1OC.[KH]. The molecule has 0 unspecified atom stereocenters. The number of hydrogen-bond acceptors (Lipinski definition) is 3. The molecule has 0 N–H and O–H groups in total. The van der Waals surface area contributed by atoms with Crippen molar-refractivity contribution in [2.24, 2.45) is 0 Å². The summed E-state index contributed by atoms with van der Waals surface area (Å²) in [6.45, 7) is 3.30. The second-order valence-electron chi connectivity index (χ2n) is 2.28. The molecular weight excluding hydrogens is 207 g/mol. The molecule has 0 spiro atoms. The van der Waals surface area contributed by atoms with Gasteiger partial charge in [0.15, 0.2) is 11.5 Å². The van der Waals surface area contributed by atoms with Crippen LogP contribution in [0.3, 0.4) is 0 Å². The Bertz CT molecular complexity index is 323. The van der Waals surface area contributed by atoms with Gasteiger partial charge in [-0.05, 0) is 12.1 Å². The molecule has 0 atom stereocenters. The fourth-order valence-electron chi connectivity index (χ4n) is 0.853. The molecule has 1 rings (SSSR count). The van der Waals surface area contributed by atoms with E-state index in [9.17, 15) is 4.79 Å². The summed E-state index contributed by atoms with van der Waals surface area (Å²) < 4.78 is 9.88. The summed E-state index contributed by atoms with van der Waals surface area (Å²) in [7, 11) is 1.51. The molecule has 4 heteroatoms. The van der Waals surface area contributed by atoms with Crippen LogP contribution in [-0.2, 0) is 4.79 Å². The van der Waals surface area contributed by atoms with Crippen LogP contribution in [0.2, 0.25) is 0 Å². The van der Waals surface area contributed by atoms with Gasteiger partial charge >= 0.3 is 57.4 Å². The molecule has 0 aliphatic heterocycles. The Labute approximate surface area is 126 Å². The van der Waals surface area contributed by atoms with Crippen molar-refractivity contribution in [3.8, 4) is 11.5 Å². The Morgan fingerprint density at radius 2 is 1.93 bits per heavy atom. The number of ether oxygens (including phenoxy) is 2. The van der Waals surface area contributed by atoms with Gasteiger partial charge in [0.1, 0.15) is 0 Å². The topological polar surface area (TPSA) is 35.5 Å². The third-order valence-electron chi connectivity index (χ3n) is 1.45. The fraction of sp³-hybridized carbons (Fsp3) is 0.100. The van der Waals surface area contributed by atoms with Crippen molar-refractivity contribution in [2.45, 2.75) is 0 Å². The summed E-state index contributed by atoms with van der Waals surface area (Å²) in [4.78, 5) is 10.9. The molecule has 0 bridgehead atoms. The average molecular weight is 218 g/mol. The van der Waals surface area contributed by atoms with E-state index >= 15 is 0 Å². The number of para-hydroxylation sites is 2. The molecule has 1 aromatic carbocycles. The Hall–Kier alpha value is -0.134. The monoisotopic (exact) mass is 218 g/mol. The molecular formula is C10H11KO3. The van der Waals surface area contributed by atoms with Crippen molar-refractivity contribution in [3.63, 3.8) is 0 Å². The third-order valence-corrected chi connectivity index (χ3v) is 1.45. The molecule has 0 heterocycles. The molecule has 14 heavy (non-hydrogen) atoms. The normalized spacial score (nSPS) is 8.36. The molecule has 70 valence electrons. The quantitative estimate of drug-likeness (QED) is 0.330. The number of methoxy groups -OCH3 is 1. The maximum atomic E-state index is 10.9. The molecule has 0 saturated carbocycles. The molecule has 0 radical (unpaired) electrons. The van der Waals surface area contributed by atoms with Crippen molar-refractivity contribution in [1.82, 2.24) is 0 Å². The third kappa shape index (κ3) is 3.94. The summed E-state index contributed by atoms with van der Waals surface area (Å²) in [6, 6.07) is 6.92. The minimum atomic E-state index is -0.496. The molecule has 0 aliphatic rings. The minimum absolute atomic E-state index is 0. The van der Waals surface area contributed by atoms with Crippen LogP contribution in [0.15, 0.2) is 36.9 Å². The van der Waals surface area contributed by atoms with E-state index in [1.165, 1.54) is 7.11 Å². The summed E-state index contributed by atoms with van der Waals surface area (Å²) in [5, 5.41) is 0. The fourth-order valence-corrected chi connectivity index (χ4v) is 0.853. The van der Waals surface area contributed by atoms with Crippen LogP contribution in [0.5, 0.6) is 11.5 Å². The van der Waals surface area contributed by atoms with Gasteiger partial charge in [0.25, 0.3) is 0 Å². The Balaban J connectivity index is 0.00000169. The van der Waals surface area contributed by atoms with Crippen LogP contribution < -0.4 is 9.47 Å². The number of carbonyl (C=O) groups excluding carboxylic acids is 1. The molecule has 0 amide bonds. The van der Waals surface area contributed by atoms with Crippen molar-refractivity contribution in [2.75, 3.05) is 7.11 Å². The predicted octanol–water partition coefficient (Wildman–Crippen LogP) is 1.14. The number of hydrogen-bond donors (Lipinski definition) is 0. The van der Waals surface area contributed by atoms with Crippen LogP contribution >= 0.6 is 0 Å². The van der Waals surface area contributed by atoms with E-state index in [1.54, 1.807) is 24.3 Å². The van der Waals surface area contributed by atoms with Crippen molar-refractivity contribution in [1.29, 1.82) is 0 Å². The van der Waals surface area contributed by atoms with Crippen LogP contribution in [0.4, 0.5) is 0 Å². The zero-order chi connectivity index (χ0) is 9.68. The predicted molar refractivity (Wildman–Crippen MR) is 56.0 cm³/mol. The van der Waals surface area contributed by atoms with Gasteiger partial charge < -0.3 is 9.47 Å². The van der Waals surface area contributed by atoms with E-state index in [1.807, 2.05) is 0 Å². The molecule has 0 fully saturated rings. The van der Waals surface area contributed by atoms with Gasteiger partial charge in [0.05, 0.1) is 7.11 Å². The zero-order valence-electron chi connectivity index (χ0n) is 7.32. The van der Waals surface area contributed by atoms with Crippen molar-refractivity contribution < 1.29 is 14.3 Å². The first-order chi connectivity index (χ1) is 6.27. The van der Waals surface area contributed by atoms with E-state index in [0.29, 0.717) is 11.5 Å². The van der Waals surface area contributed by atoms with Crippen LogP contribution in [-0.4, -0.2) is 64.5 Å². The number of carbonyl (C=O) groups is 1. The van der Waals surface area contributed by atoms with E-state index in [2.05, 4.69) is 6.58 Å². The van der Waals surface area contributed by atoms with Gasteiger partial charge in [-0.25, -0.2) is 4.79 Å². The zero-order valence-corrected chi connectivity index (χ0v) is 7.32. The summed E-state index contributed by atoms with van der Waals surface area (Å²) in [6.07, 6.45) is 1.10. The van der Waals surface area contributed by atoms with E-state index in [-0.39, 0.29) is 51.4 Å². The van der Waals surface area contributed by atoms with Crippen LogP contribution in [0, 0.1) is 0 Å². The summed E-state index contributed by atoms with van der Waals surface area (Å²) >= 11 is 0. The molecule has 0 saturated heterocycles. The van der Waals surface area contributed by atoms with Gasteiger partial charge in [-0.1, -0.05) is 18.7 Å². The first-order valence-electron chi connectivity index (χ1n) is 3.75. The standard InChI is InChI=1S/C10H10O3.K.H/c1-3-10(11)13-9-7-5-4-6-8(9)12-2;;/h3-7H,1H2,2H3;;. The van der Waals surface area contributed by atoms with Crippen molar-refractivity contribution >= 4 is 57.4 Å². The van der Waals surface area contributed by atoms with Crippen molar-refractivity contribution in [3.05, 3.63) is 36.9 Å². The Morgan fingerprint density at radius 3 is 2.43 bits per heavy atom. The number of rotatable bonds is 3. The van der Waals surface area contributed by atoms with Crippen LogP contribution in [0.25, 0.3) is 0 Å². The molecule has 1 aromatic rings. The van der Waals surface area contributed by atoms with Gasteiger partial charge in [0.2, 0.25) is 0 Å². The van der Waals surface area contributed by atoms with Gasteiger partial charge in [-0.3, -0.25) is 0 Å². The summed E-state index contributed by atoms with van der Waals surface area (Å²) in [5.41, 5.74) is 0. The second-order valence-corrected chi connectivity index (χ2v) is 2.28. The Kier molecular flexibility index (Phi) is 7.13. The number of esters is 1. The Morgan fingerprint density at radius 1 is 1.36 bits per heavy atom. The molecule has 0 aliphatic carbocycles. The first kappa shape index (κ1) is 13.9. The van der Waals surface area contributed by atoms with E-state index in [4.69, 9.17) is 9.47 Å². The first-order valence-corrected chi connectivity index (χ1v) is 3.75. The van der Waals surface area contributed by atoms with Gasteiger partial charge in [0, 0.05) is 6.08 Å². The van der Waals surface area contributed by atoms with Gasteiger partial charge in [-0.2, -0.15) is 0 Å². The van der Waals surface area contributed by atoms with Crippen LogP contribution in [0.1, 0.15) is 0 Å². The maximum absolute atomic E-state index is 10.9. The second kappa shape index (κ2) is 7.20. The number of benzene rings is 1. The van der Waals surface area contributed by atoms with E-state index in [0.717, 1.165) is 6.08 Å². The van der Waals surface area contributed by atoms with Gasteiger partial charge in [-0.15, -0.1) is 0 Å². The van der Waals surface area contributed by atoms with E-state index < -0.39 is 5.97 Å².